The Hall–Kier alpha value is -2.37. The van der Waals surface area contributed by atoms with Crippen molar-refractivity contribution in [3.05, 3.63) is 65.7 Å². The van der Waals surface area contributed by atoms with E-state index >= 15 is 0 Å². The number of aliphatic hydroxyl groups is 1. The van der Waals surface area contributed by atoms with E-state index in [0.717, 1.165) is 23.2 Å². The van der Waals surface area contributed by atoms with Crippen LogP contribution in [0, 0.1) is 6.92 Å². The van der Waals surface area contributed by atoms with Crippen molar-refractivity contribution in [2.24, 2.45) is 5.73 Å². The van der Waals surface area contributed by atoms with Crippen molar-refractivity contribution in [3.8, 4) is 0 Å². The van der Waals surface area contributed by atoms with Crippen LogP contribution >= 0.6 is 0 Å². The summed E-state index contributed by atoms with van der Waals surface area (Å²) in [5, 5.41) is 10.0. The van der Waals surface area contributed by atoms with Gasteiger partial charge in [0, 0.05) is 6.04 Å². The molecule has 0 heterocycles. The summed E-state index contributed by atoms with van der Waals surface area (Å²) in [4.78, 5) is 11.9. The molecule has 2 rings (SSSR count). The number of hydrazine groups is 1. The van der Waals surface area contributed by atoms with Crippen LogP contribution in [-0.2, 0) is 11.2 Å². The van der Waals surface area contributed by atoms with Crippen molar-refractivity contribution < 1.29 is 9.90 Å². The maximum atomic E-state index is 11.9. The summed E-state index contributed by atoms with van der Waals surface area (Å²) in [5.74, 6) is -0.536. The van der Waals surface area contributed by atoms with Crippen LogP contribution in [0.3, 0.4) is 0 Å². The van der Waals surface area contributed by atoms with Crippen LogP contribution in [0.1, 0.15) is 17.5 Å². The van der Waals surface area contributed by atoms with Gasteiger partial charge in [-0.15, -0.1) is 0 Å². The lowest BCUT2D eigenvalue weighted by atomic mass is 10.0. The van der Waals surface area contributed by atoms with Crippen molar-refractivity contribution in [1.82, 2.24) is 5.43 Å². The average Bonchev–Trinajstić information content (AvgIpc) is 2.59. The van der Waals surface area contributed by atoms with E-state index in [1.165, 1.54) is 0 Å². The minimum absolute atomic E-state index is 0.531. The van der Waals surface area contributed by atoms with Gasteiger partial charge < -0.3 is 10.8 Å². The lowest BCUT2D eigenvalue weighted by Gasteiger charge is -2.19. The van der Waals surface area contributed by atoms with Gasteiger partial charge in [-0.3, -0.25) is 15.6 Å². The number of hydrogen-bond donors (Lipinski definition) is 4. The quantitative estimate of drug-likeness (QED) is 0.587. The SMILES string of the molecule is Cc1ccc(NNC(=O)C(O)[C@H](N)CCc2ccccc2)cc1. The van der Waals surface area contributed by atoms with Gasteiger partial charge in [-0.1, -0.05) is 48.0 Å². The van der Waals surface area contributed by atoms with Gasteiger partial charge in [-0.25, -0.2) is 0 Å². The van der Waals surface area contributed by atoms with Crippen LogP contribution in [0.5, 0.6) is 0 Å². The van der Waals surface area contributed by atoms with Crippen LogP contribution in [-0.4, -0.2) is 23.2 Å². The summed E-state index contributed by atoms with van der Waals surface area (Å²) < 4.78 is 0. The molecule has 0 aliphatic rings. The first-order valence-electron chi connectivity index (χ1n) is 7.66. The van der Waals surface area contributed by atoms with Gasteiger partial charge >= 0.3 is 0 Å². The molecule has 5 N–H and O–H groups in total. The van der Waals surface area contributed by atoms with Crippen molar-refractivity contribution in [3.63, 3.8) is 0 Å². The Morgan fingerprint density at radius 3 is 2.43 bits per heavy atom. The first-order valence-corrected chi connectivity index (χ1v) is 7.66. The maximum Gasteiger partial charge on any atom is 0.268 e. The molecule has 0 radical (unpaired) electrons. The molecule has 23 heavy (non-hydrogen) atoms. The van der Waals surface area contributed by atoms with E-state index in [4.69, 9.17) is 5.73 Å². The molecule has 1 amide bonds. The summed E-state index contributed by atoms with van der Waals surface area (Å²) in [5.41, 5.74) is 14.2. The number of anilines is 1. The number of nitrogens with one attached hydrogen (secondary N) is 2. The van der Waals surface area contributed by atoms with Gasteiger partial charge in [0.05, 0.1) is 5.69 Å². The maximum absolute atomic E-state index is 11.9. The molecular formula is C18H23N3O2. The third kappa shape index (κ3) is 5.39. The Bertz CT molecular complexity index is 614. The van der Waals surface area contributed by atoms with E-state index in [-0.39, 0.29) is 0 Å². The highest BCUT2D eigenvalue weighted by atomic mass is 16.3. The Kier molecular flexibility index (Phi) is 6.14. The van der Waals surface area contributed by atoms with Crippen molar-refractivity contribution in [2.45, 2.75) is 31.9 Å². The summed E-state index contributed by atoms with van der Waals surface area (Å²) in [6, 6.07) is 16.8. The topological polar surface area (TPSA) is 87.4 Å². The van der Waals surface area contributed by atoms with Gasteiger partial charge in [0.15, 0.2) is 0 Å². The Morgan fingerprint density at radius 1 is 1.13 bits per heavy atom. The van der Waals surface area contributed by atoms with E-state index in [9.17, 15) is 9.90 Å². The predicted octanol–water partition coefficient (Wildman–Crippen LogP) is 1.76. The lowest BCUT2D eigenvalue weighted by molar-refractivity contribution is -0.129. The molecule has 5 heteroatoms. The second-order valence-corrected chi connectivity index (χ2v) is 5.61. The van der Waals surface area contributed by atoms with E-state index in [1.54, 1.807) is 0 Å². The number of benzene rings is 2. The molecule has 0 bridgehead atoms. The second-order valence-electron chi connectivity index (χ2n) is 5.61. The number of rotatable bonds is 7. The molecule has 0 fully saturated rings. The average molecular weight is 313 g/mol. The number of nitrogens with two attached hydrogens (primary N) is 1. The van der Waals surface area contributed by atoms with Crippen LogP contribution in [0.15, 0.2) is 54.6 Å². The minimum atomic E-state index is -1.25. The fourth-order valence-electron chi connectivity index (χ4n) is 2.17. The van der Waals surface area contributed by atoms with Gasteiger partial charge in [0.2, 0.25) is 0 Å². The highest BCUT2D eigenvalue weighted by Gasteiger charge is 2.22. The number of aryl methyl sites for hydroxylation is 2. The Labute approximate surface area is 136 Å². The van der Waals surface area contributed by atoms with Crippen LogP contribution in [0.2, 0.25) is 0 Å². The fraction of sp³-hybridized carbons (Fsp3) is 0.278. The zero-order valence-corrected chi connectivity index (χ0v) is 13.2. The lowest BCUT2D eigenvalue weighted by Crippen LogP contribution is -2.48. The third-order valence-corrected chi connectivity index (χ3v) is 3.66. The molecule has 0 aliphatic heterocycles. The van der Waals surface area contributed by atoms with Gasteiger partial charge in [-0.2, -0.15) is 0 Å². The number of carbonyl (C=O) groups is 1. The van der Waals surface area contributed by atoms with E-state index in [2.05, 4.69) is 10.9 Å². The summed E-state index contributed by atoms with van der Waals surface area (Å²) >= 11 is 0. The Balaban J connectivity index is 1.77. The monoisotopic (exact) mass is 313 g/mol. The van der Waals surface area contributed by atoms with Crippen molar-refractivity contribution in [1.29, 1.82) is 0 Å². The van der Waals surface area contributed by atoms with Crippen LogP contribution < -0.4 is 16.6 Å². The standard InChI is InChI=1S/C18H23N3O2/c1-13-7-10-15(11-8-13)20-21-18(23)17(22)16(19)12-9-14-5-3-2-4-6-14/h2-8,10-11,16-17,20,22H,9,12,19H2,1H3,(H,21,23)/t16-,17?/m1/s1. The smallest absolute Gasteiger partial charge is 0.268 e. The number of aliphatic hydroxyl groups excluding tert-OH is 1. The molecule has 0 saturated carbocycles. The third-order valence-electron chi connectivity index (χ3n) is 3.66. The van der Waals surface area contributed by atoms with Crippen LogP contribution in [0.4, 0.5) is 5.69 Å². The fourth-order valence-corrected chi connectivity index (χ4v) is 2.17. The normalized spacial score (nSPS) is 13.2. The molecule has 0 aromatic heterocycles. The highest BCUT2D eigenvalue weighted by molar-refractivity contribution is 5.82. The first kappa shape index (κ1) is 17.0. The van der Waals surface area contributed by atoms with E-state index in [1.807, 2.05) is 61.5 Å². The van der Waals surface area contributed by atoms with Gasteiger partial charge in [0.1, 0.15) is 6.10 Å². The zero-order valence-electron chi connectivity index (χ0n) is 13.2. The second kappa shape index (κ2) is 8.31. The minimum Gasteiger partial charge on any atom is -0.382 e. The van der Waals surface area contributed by atoms with Crippen molar-refractivity contribution in [2.75, 3.05) is 5.43 Å². The summed E-state index contributed by atoms with van der Waals surface area (Å²) in [6.07, 6.45) is -0.00223. The summed E-state index contributed by atoms with van der Waals surface area (Å²) in [7, 11) is 0. The molecule has 0 spiro atoms. The molecule has 2 aromatic carbocycles. The van der Waals surface area contributed by atoms with E-state index < -0.39 is 18.1 Å². The molecular weight excluding hydrogens is 290 g/mol. The number of carbonyl (C=O) groups excluding carboxylic acids is 1. The molecule has 1 unspecified atom stereocenters. The highest BCUT2D eigenvalue weighted by Crippen LogP contribution is 2.08. The van der Waals surface area contributed by atoms with E-state index in [0.29, 0.717) is 6.42 Å². The molecule has 5 nitrogen and oxygen atoms in total. The van der Waals surface area contributed by atoms with Gasteiger partial charge in [-0.05, 0) is 37.5 Å². The number of hydrogen-bond acceptors (Lipinski definition) is 4. The van der Waals surface area contributed by atoms with Crippen LogP contribution in [0.25, 0.3) is 0 Å². The largest absolute Gasteiger partial charge is 0.382 e. The summed E-state index contributed by atoms with van der Waals surface area (Å²) in [6.45, 7) is 1.98. The predicted molar refractivity (Wildman–Crippen MR) is 91.7 cm³/mol. The molecule has 0 aliphatic carbocycles. The first-order chi connectivity index (χ1) is 11.1. The van der Waals surface area contributed by atoms with Crippen molar-refractivity contribution >= 4 is 11.6 Å². The number of amides is 1. The molecule has 2 atom stereocenters. The molecule has 122 valence electrons. The molecule has 0 saturated heterocycles. The zero-order chi connectivity index (χ0) is 16.7. The molecule has 2 aromatic rings. The van der Waals surface area contributed by atoms with Gasteiger partial charge in [0.25, 0.3) is 5.91 Å². The Morgan fingerprint density at radius 2 is 1.78 bits per heavy atom.